The lowest BCUT2D eigenvalue weighted by atomic mass is 10.0. The minimum atomic E-state index is -0.287. The van der Waals surface area contributed by atoms with Crippen molar-refractivity contribution in [3.05, 3.63) is 0 Å². The lowest BCUT2D eigenvalue weighted by Gasteiger charge is -2.35. The van der Waals surface area contributed by atoms with Gasteiger partial charge in [0.25, 0.3) is 0 Å². The molecule has 1 rings (SSSR count). The molecule has 90 valence electrons. The van der Waals surface area contributed by atoms with E-state index < -0.39 is 0 Å². The maximum Gasteiger partial charge on any atom is 0.119 e. The normalized spacial score (nSPS) is 35.0. The van der Waals surface area contributed by atoms with Gasteiger partial charge in [0.1, 0.15) is 5.72 Å². The van der Waals surface area contributed by atoms with Crippen LogP contribution in [-0.4, -0.2) is 41.0 Å². The van der Waals surface area contributed by atoms with Crippen molar-refractivity contribution in [3.8, 4) is 0 Å². The van der Waals surface area contributed by atoms with Gasteiger partial charge in [-0.15, -0.1) is 0 Å². The van der Waals surface area contributed by atoms with Gasteiger partial charge < -0.3 is 9.84 Å². The number of β-amino-alcohol motifs (C(OH)–C–C–N with tert-alkyl or cyclic N) is 1. The average molecular weight is 215 g/mol. The Morgan fingerprint density at radius 1 is 1.47 bits per heavy atom. The Balaban J connectivity index is 2.66. The zero-order valence-electron chi connectivity index (χ0n) is 10.7. The van der Waals surface area contributed by atoms with Crippen LogP contribution in [0, 0.1) is 5.92 Å². The van der Waals surface area contributed by atoms with Crippen LogP contribution in [-0.2, 0) is 4.74 Å². The predicted molar refractivity (Wildman–Crippen MR) is 61.7 cm³/mol. The molecule has 0 radical (unpaired) electrons. The highest BCUT2D eigenvalue weighted by Crippen LogP contribution is 2.32. The van der Waals surface area contributed by atoms with Gasteiger partial charge in [-0.3, -0.25) is 4.90 Å². The fraction of sp³-hybridized carbons (Fsp3) is 1.00. The first-order valence-electron chi connectivity index (χ1n) is 5.94. The first-order valence-corrected chi connectivity index (χ1v) is 5.94. The molecule has 1 N–H and O–H groups in total. The van der Waals surface area contributed by atoms with Crippen molar-refractivity contribution in [3.63, 3.8) is 0 Å². The largest absolute Gasteiger partial charge is 0.392 e. The lowest BCUT2D eigenvalue weighted by Crippen LogP contribution is -2.46. The van der Waals surface area contributed by atoms with Gasteiger partial charge in [0.15, 0.2) is 0 Å². The number of nitrogens with zero attached hydrogens (tertiary/aromatic N) is 1. The van der Waals surface area contributed by atoms with Crippen molar-refractivity contribution >= 4 is 0 Å². The molecule has 3 atom stereocenters. The van der Waals surface area contributed by atoms with Crippen molar-refractivity contribution in [1.29, 1.82) is 0 Å². The molecule has 0 bridgehead atoms. The molecule has 0 amide bonds. The van der Waals surface area contributed by atoms with Gasteiger partial charge in [0.2, 0.25) is 0 Å². The molecule has 1 aliphatic rings. The Morgan fingerprint density at radius 3 is 2.53 bits per heavy atom. The number of hydrogen-bond donors (Lipinski definition) is 1. The third kappa shape index (κ3) is 3.44. The van der Waals surface area contributed by atoms with Gasteiger partial charge >= 0.3 is 0 Å². The Bertz CT molecular complexity index is 206. The third-order valence-corrected chi connectivity index (χ3v) is 2.87. The first kappa shape index (κ1) is 12.9. The standard InChI is InChI=1S/C12H25NO2/c1-9(2)6-12(5)13(7-10(3)14)8-11(4)15-12/h9-11,14H,6-8H2,1-5H3. The number of ether oxygens (including phenoxy) is 1. The van der Waals surface area contributed by atoms with E-state index in [0.717, 1.165) is 13.0 Å². The highest BCUT2D eigenvalue weighted by Gasteiger charge is 2.41. The van der Waals surface area contributed by atoms with Crippen LogP contribution < -0.4 is 0 Å². The van der Waals surface area contributed by atoms with E-state index in [1.807, 2.05) is 6.92 Å². The van der Waals surface area contributed by atoms with Crippen molar-refractivity contribution in [2.75, 3.05) is 13.1 Å². The summed E-state index contributed by atoms with van der Waals surface area (Å²) in [7, 11) is 0. The van der Waals surface area contributed by atoms with E-state index in [2.05, 4.69) is 32.6 Å². The van der Waals surface area contributed by atoms with E-state index in [0.29, 0.717) is 12.5 Å². The molecule has 1 aliphatic heterocycles. The molecule has 1 saturated heterocycles. The van der Waals surface area contributed by atoms with Gasteiger partial charge in [-0.2, -0.15) is 0 Å². The SMILES string of the molecule is CC(C)CC1(C)OC(C)CN1CC(C)O. The second-order valence-electron chi connectivity index (χ2n) is 5.46. The van der Waals surface area contributed by atoms with Crippen molar-refractivity contribution in [1.82, 2.24) is 4.90 Å². The van der Waals surface area contributed by atoms with E-state index in [1.165, 1.54) is 0 Å². The van der Waals surface area contributed by atoms with Crippen LogP contribution in [0.3, 0.4) is 0 Å². The summed E-state index contributed by atoms with van der Waals surface area (Å²) >= 11 is 0. The lowest BCUT2D eigenvalue weighted by molar-refractivity contribution is -0.106. The van der Waals surface area contributed by atoms with Crippen LogP contribution in [0.1, 0.15) is 41.0 Å². The van der Waals surface area contributed by atoms with E-state index in [4.69, 9.17) is 4.74 Å². The summed E-state index contributed by atoms with van der Waals surface area (Å²) < 4.78 is 5.99. The minimum absolute atomic E-state index is 0.190. The van der Waals surface area contributed by atoms with E-state index >= 15 is 0 Å². The molecule has 3 heteroatoms. The fourth-order valence-corrected chi connectivity index (χ4v) is 2.57. The number of hydrogen-bond acceptors (Lipinski definition) is 3. The van der Waals surface area contributed by atoms with E-state index in [1.54, 1.807) is 0 Å². The summed E-state index contributed by atoms with van der Waals surface area (Å²) in [5, 5.41) is 9.47. The number of aliphatic hydroxyl groups is 1. The van der Waals surface area contributed by atoms with Crippen LogP contribution in [0.15, 0.2) is 0 Å². The second kappa shape index (κ2) is 4.81. The molecule has 0 saturated carbocycles. The highest BCUT2D eigenvalue weighted by molar-refractivity contribution is 4.87. The van der Waals surface area contributed by atoms with E-state index in [-0.39, 0.29) is 17.9 Å². The predicted octanol–water partition coefficient (Wildman–Crippen LogP) is 1.85. The molecule has 0 aliphatic carbocycles. The molecular formula is C12H25NO2. The monoisotopic (exact) mass is 215 g/mol. The van der Waals surface area contributed by atoms with Crippen molar-refractivity contribution in [2.24, 2.45) is 5.92 Å². The van der Waals surface area contributed by atoms with Crippen molar-refractivity contribution in [2.45, 2.75) is 59.0 Å². The molecule has 1 heterocycles. The van der Waals surface area contributed by atoms with Gasteiger partial charge in [-0.05, 0) is 33.1 Å². The minimum Gasteiger partial charge on any atom is -0.392 e. The maximum absolute atomic E-state index is 9.47. The van der Waals surface area contributed by atoms with Crippen molar-refractivity contribution < 1.29 is 9.84 Å². The molecule has 15 heavy (non-hydrogen) atoms. The van der Waals surface area contributed by atoms with Crippen LogP contribution in [0.5, 0.6) is 0 Å². The summed E-state index contributed by atoms with van der Waals surface area (Å²) in [5.74, 6) is 0.608. The molecule has 0 spiro atoms. The summed E-state index contributed by atoms with van der Waals surface area (Å²) in [6.45, 7) is 12.1. The Morgan fingerprint density at radius 2 is 2.07 bits per heavy atom. The highest BCUT2D eigenvalue weighted by atomic mass is 16.5. The first-order chi connectivity index (χ1) is 6.83. The summed E-state index contributed by atoms with van der Waals surface area (Å²) in [6, 6.07) is 0. The zero-order valence-corrected chi connectivity index (χ0v) is 10.7. The summed E-state index contributed by atoms with van der Waals surface area (Å²) in [4.78, 5) is 2.27. The average Bonchev–Trinajstić information content (AvgIpc) is 2.22. The zero-order chi connectivity index (χ0) is 11.6. The third-order valence-electron chi connectivity index (χ3n) is 2.87. The topological polar surface area (TPSA) is 32.7 Å². The molecular weight excluding hydrogens is 190 g/mol. The van der Waals surface area contributed by atoms with Crippen LogP contribution in [0.2, 0.25) is 0 Å². The fourth-order valence-electron chi connectivity index (χ4n) is 2.57. The number of aliphatic hydroxyl groups excluding tert-OH is 1. The second-order valence-corrected chi connectivity index (χ2v) is 5.46. The maximum atomic E-state index is 9.47. The molecule has 0 aromatic heterocycles. The van der Waals surface area contributed by atoms with Crippen LogP contribution >= 0.6 is 0 Å². The molecule has 1 fully saturated rings. The Hall–Kier alpha value is -0.120. The van der Waals surface area contributed by atoms with E-state index in [9.17, 15) is 5.11 Å². The smallest absolute Gasteiger partial charge is 0.119 e. The van der Waals surface area contributed by atoms with Crippen LogP contribution in [0.4, 0.5) is 0 Å². The molecule has 3 unspecified atom stereocenters. The van der Waals surface area contributed by atoms with Gasteiger partial charge in [0.05, 0.1) is 12.2 Å². The van der Waals surface area contributed by atoms with Gasteiger partial charge in [-0.25, -0.2) is 0 Å². The molecule has 3 nitrogen and oxygen atoms in total. The Kier molecular flexibility index (Phi) is 4.15. The van der Waals surface area contributed by atoms with Gasteiger partial charge in [0, 0.05) is 13.1 Å². The quantitative estimate of drug-likeness (QED) is 0.777. The Labute approximate surface area is 93.4 Å². The summed E-state index contributed by atoms with van der Waals surface area (Å²) in [6.07, 6.45) is 1.00. The van der Waals surface area contributed by atoms with Crippen LogP contribution in [0.25, 0.3) is 0 Å². The molecule has 0 aromatic rings. The van der Waals surface area contributed by atoms with Gasteiger partial charge in [-0.1, -0.05) is 13.8 Å². The summed E-state index contributed by atoms with van der Waals surface area (Å²) in [5.41, 5.74) is -0.190. The molecule has 0 aromatic carbocycles. The number of rotatable bonds is 4.